The number of nitrogens with zero attached hydrogens (tertiary/aromatic N) is 2. The molecule has 1 unspecified atom stereocenters. The van der Waals surface area contributed by atoms with E-state index >= 15 is 0 Å². The molecule has 1 amide bonds. The maximum Gasteiger partial charge on any atom is 0.300 e. The van der Waals surface area contributed by atoms with Crippen molar-refractivity contribution in [1.29, 1.82) is 0 Å². The molecule has 2 heterocycles. The third-order valence-electron chi connectivity index (χ3n) is 6.04. The highest BCUT2D eigenvalue weighted by molar-refractivity contribution is 6.51. The van der Waals surface area contributed by atoms with Crippen molar-refractivity contribution in [3.05, 3.63) is 94.3 Å². The topological polar surface area (TPSA) is 70.1 Å². The number of ketones is 1. The molecule has 1 saturated heterocycles. The van der Waals surface area contributed by atoms with Gasteiger partial charge in [-0.1, -0.05) is 29.8 Å². The predicted octanol–water partition coefficient (Wildman–Crippen LogP) is 4.93. The van der Waals surface area contributed by atoms with Gasteiger partial charge in [0.15, 0.2) is 0 Å². The molecule has 0 spiro atoms. The lowest BCUT2D eigenvalue weighted by atomic mass is 9.94. The highest BCUT2D eigenvalue weighted by Crippen LogP contribution is 2.43. The van der Waals surface area contributed by atoms with E-state index in [1.165, 1.54) is 29.2 Å². The molecule has 6 nitrogen and oxygen atoms in total. The summed E-state index contributed by atoms with van der Waals surface area (Å²) in [6.07, 6.45) is 0. The number of aliphatic hydroxyl groups is 1. The Morgan fingerprint density at radius 2 is 1.85 bits per heavy atom. The van der Waals surface area contributed by atoms with E-state index in [9.17, 15) is 19.1 Å². The molecule has 1 N–H and O–H groups in total. The van der Waals surface area contributed by atoms with Crippen LogP contribution in [-0.4, -0.2) is 37.0 Å². The fraction of sp³-hybridized carbons (Fsp3) is 0.154. The van der Waals surface area contributed by atoms with Crippen molar-refractivity contribution in [2.24, 2.45) is 0 Å². The average Bonchev–Trinajstić information content (AvgIpc) is 3.09. The van der Waals surface area contributed by atoms with Gasteiger partial charge < -0.3 is 14.7 Å². The number of benzene rings is 3. The Morgan fingerprint density at radius 3 is 2.59 bits per heavy atom. The van der Waals surface area contributed by atoms with Crippen LogP contribution in [0, 0.1) is 5.82 Å². The molecular formula is C26H20ClFN2O4. The van der Waals surface area contributed by atoms with Crippen LogP contribution >= 0.6 is 11.6 Å². The zero-order valence-corrected chi connectivity index (χ0v) is 18.9. The van der Waals surface area contributed by atoms with Gasteiger partial charge in [0.2, 0.25) is 0 Å². The second-order valence-electron chi connectivity index (χ2n) is 8.15. The third kappa shape index (κ3) is 3.68. The van der Waals surface area contributed by atoms with E-state index in [0.717, 1.165) is 5.69 Å². The Kier molecular flexibility index (Phi) is 5.49. The number of hydrogen-bond acceptors (Lipinski definition) is 5. The summed E-state index contributed by atoms with van der Waals surface area (Å²) in [5.74, 6) is -1.76. The Hall–Kier alpha value is -3.84. The first kappa shape index (κ1) is 22.0. The SMILES string of the molecule is CN1CCOc2ccc(/C(O)=C3/C(=O)C(=O)N(c4cccc(Cl)c4)C3c3ccc(F)cc3)cc21. The molecule has 5 rings (SSSR count). The molecular weight excluding hydrogens is 459 g/mol. The zero-order chi connectivity index (χ0) is 24.0. The third-order valence-corrected chi connectivity index (χ3v) is 6.28. The van der Waals surface area contributed by atoms with Gasteiger partial charge in [0.25, 0.3) is 11.7 Å². The van der Waals surface area contributed by atoms with Crippen molar-refractivity contribution in [3.63, 3.8) is 0 Å². The van der Waals surface area contributed by atoms with E-state index in [4.69, 9.17) is 16.3 Å². The summed E-state index contributed by atoms with van der Waals surface area (Å²) >= 11 is 6.15. The van der Waals surface area contributed by atoms with E-state index < -0.39 is 23.5 Å². The fourth-order valence-corrected chi connectivity index (χ4v) is 4.52. The van der Waals surface area contributed by atoms with Gasteiger partial charge in [0, 0.05) is 23.3 Å². The van der Waals surface area contributed by atoms with Gasteiger partial charge in [0.05, 0.1) is 23.8 Å². The summed E-state index contributed by atoms with van der Waals surface area (Å²) in [5.41, 5.74) is 1.91. The minimum atomic E-state index is -0.968. The Balaban J connectivity index is 1.70. The molecule has 0 bridgehead atoms. The van der Waals surface area contributed by atoms with E-state index in [-0.39, 0.29) is 11.3 Å². The van der Waals surface area contributed by atoms with Crippen LogP contribution in [0.2, 0.25) is 5.02 Å². The van der Waals surface area contributed by atoms with Gasteiger partial charge in [-0.15, -0.1) is 0 Å². The molecule has 172 valence electrons. The van der Waals surface area contributed by atoms with Crippen LogP contribution in [0.15, 0.2) is 72.3 Å². The standard InChI is InChI=1S/C26H20ClFN2O4/c1-29-11-12-34-21-10-7-16(13-20(21)29)24(31)22-23(15-5-8-18(28)9-6-15)30(26(33)25(22)32)19-4-2-3-17(27)14-19/h2-10,13-14,23,31H,11-12H2,1H3/b24-22-. The van der Waals surface area contributed by atoms with E-state index in [1.54, 1.807) is 42.5 Å². The normalized spacial score (nSPS) is 19.2. The highest BCUT2D eigenvalue weighted by Gasteiger charge is 2.47. The number of rotatable bonds is 3. The van der Waals surface area contributed by atoms with Gasteiger partial charge in [-0.05, 0) is 54.1 Å². The number of anilines is 2. The molecule has 3 aromatic carbocycles. The van der Waals surface area contributed by atoms with Crippen molar-refractivity contribution in [2.75, 3.05) is 30.0 Å². The lowest BCUT2D eigenvalue weighted by molar-refractivity contribution is -0.132. The number of Topliss-reactive ketones (excluding diaryl/α,β-unsaturated/α-hetero) is 1. The number of amides is 1. The maximum atomic E-state index is 13.7. The van der Waals surface area contributed by atoms with Crippen LogP contribution in [0.4, 0.5) is 15.8 Å². The van der Waals surface area contributed by atoms with Crippen LogP contribution in [-0.2, 0) is 9.59 Å². The van der Waals surface area contributed by atoms with Crippen LogP contribution in [0.5, 0.6) is 5.75 Å². The Labute approximate surface area is 200 Å². The summed E-state index contributed by atoms with van der Waals surface area (Å²) in [5, 5.41) is 11.7. The lowest BCUT2D eigenvalue weighted by Crippen LogP contribution is -2.29. The van der Waals surface area contributed by atoms with Crippen LogP contribution in [0.1, 0.15) is 17.2 Å². The first-order chi connectivity index (χ1) is 16.3. The monoisotopic (exact) mass is 478 g/mol. The molecule has 2 aliphatic rings. The summed E-state index contributed by atoms with van der Waals surface area (Å²) in [7, 11) is 1.90. The largest absolute Gasteiger partial charge is 0.507 e. The second kappa shape index (κ2) is 8.50. The Bertz CT molecular complexity index is 1340. The minimum absolute atomic E-state index is 0.0871. The van der Waals surface area contributed by atoms with E-state index in [1.807, 2.05) is 11.9 Å². The maximum absolute atomic E-state index is 13.7. The van der Waals surface area contributed by atoms with E-state index in [2.05, 4.69) is 0 Å². The molecule has 1 atom stereocenters. The molecule has 3 aromatic rings. The molecule has 0 saturated carbocycles. The molecule has 0 aliphatic carbocycles. The Morgan fingerprint density at radius 1 is 1.09 bits per heavy atom. The van der Waals surface area contributed by atoms with Crippen molar-refractivity contribution < 1.29 is 23.8 Å². The number of fused-ring (bicyclic) bond motifs is 1. The van der Waals surface area contributed by atoms with Gasteiger partial charge in [-0.25, -0.2) is 4.39 Å². The van der Waals surface area contributed by atoms with Gasteiger partial charge in [0.1, 0.15) is 23.9 Å². The molecule has 1 fully saturated rings. The smallest absolute Gasteiger partial charge is 0.300 e. The highest BCUT2D eigenvalue weighted by atomic mass is 35.5. The van der Waals surface area contributed by atoms with Crippen LogP contribution in [0.25, 0.3) is 5.76 Å². The number of hydrogen-bond donors (Lipinski definition) is 1. The van der Waals surface area contributed by atoms with Crippen molar-refractivity contribution in [1.82, 2.24) is 0 Å². The minimum Gasteiger partial charge on any atom is -0.507 e. The van der Waals surface area contributed by atoms with Gasteiger partial charge >= 0.3 is 0 Å². The molecule has 0 aromatic heterocycles. The fourth-order valence-electron chi connectivity index (χ4n) is 4.34. The molecule has 34 heavy (non-hydrogen) atoms. The summed E-state index contributed by atoms with van der Waals surface area (Å²) < 4.78 is 19.3. The number of aliphatic hydroxyl groups excluding tert-OH is 1. The number of carbonyl (C=O) groups is 2. The van der Waals surface area contributed by atoms with Crippen molar-refractivity contribution in [3.8, 4) is 5.75 Å². The first-order valence-electron chi connectivity index (χ1n) is 10.7. The summed E-state index contributed by atoms with van der Waals surface area (Å²) in [4.78, 5) is 29.7. The zero-order valence-electron chi connectivity index (χ0n) is 18.2. The van der Waals surface area contributed by atoms with Gasteiger partial charge in [-0.3, -0.25) is 14.5 Å². The summed E-state index contributed by atoms with van der Waals surface area (Å²) in [6.45, 7) is 1.22. The summed E-state index contributed by atoms with van der Waals surface area (Å²) in [6, 6.07) is 16.1. The number of likely N-dealkylation sites (N-methyl/N-ethyl adjacent to an activating group) is 1. The van der Waals surface area contributed by atoms with E-state index in [0.29, 0.717) is 40.7 Å². The first-order valence-corrected chi connectivity index (χ1v) is 11.0. The second-order valence-corrected chi connectivity index (χ2v) is 8.59. The molecule has 2 aliphatic heterocycles. The lowest BCUT2D eigenvalue weighted by Gasteiger charge is -2.28. The molecule has 0 radical (unpaired) electrons. The number of carbonyl (C=O) groups excluding carboxylic acids is 2. The number of ether oxygens (including phenoxy) is 1. The van der Waals surface area contributed by atoms with Gasteiger partial charge in [-0.2, -0.15) is 0 Å². The predicted molar refractivity (Wildman–Crippen MR) is 128 cm³/mol. The molecule has 8 heteroatoms. The quantitative estimate of drug-likeness (QED) is 0.328. The van der Waals surface area contributed by atoms with Crippen molar-refractivity contribution >= 4 is 40.4 Å². The van der Waals surface area contributed by atoms with Crippen molar-refractivity contribution in [2.45, 2.75) is 6.04 Å². The van der Waals surface area contributed by atoms with Crippen LogP contribution < -0.4 is 14.5 Å². The number of halogens is 2. The average molecular weight is 479 g/mol. The van der Waals surface area contributed by atoms with Crippen LogP contribution in [0.3, 0.4) is 0 Å².